The first-order valence-electron chi connectivity index (χ1n) is 6.76. The molecule has 2 rings (SSSR count). The molecule has 0 N–H and O–H groups in total. The third kappa shape index (κ3) is 2.62. The van der Waals surface area contributed by atoms with Gasteiger partial charge in [0.1, 0.15) is 0 Å². The highest BCUT2D eigenvalue weighted by atomic mass is 32.2. The predicted octanol–water partition coefficient (Wildman–Crippen LogP) is 4.77. The molecule has 94 valence electrons. The first-order chi connectivity index (χ1) is 8.27. The molecule has 1 aromatic rings. The van der Waals surface area contributed by atoms with Gasteiger partial charge in [0.15, 0.2) is 0 Å². The van der Waals surface area contributed by atoms with E-state index in [1.807, 2.05) is 0 Å². The molecular weight excluding hydrogens is 226 g/mol. The Balaban J connectivity index is 2.09. The van der Waals surface area contributed by atoms with Crippen LogP contribution in [0.3, 0.4) is 0 Å². The summed E-state index contributed by atoms with van der Waals surface area (Å²) in [6.07, 6.45) is 5.32. The van der Waals surface area contributed by atoms with Crippen molar-refractivity contribution in [3.05, 3.63) is 24.3 Å². The van der Waals surface area contributed by atoms with Gasteiger partial charge in [-0.3, -0.25) is 0 Å². The molecule has 0 spiro atoms. The van der Waals surface area contributed by atoms with E-state index in [-0.39, 0.29) is 0 Å². The largest absolute Gasteiger partial charge is 0.361 e. The van der Waals surface area contributed by atoms with E-state index in [1.165, 1.54) is 36.3 Å². The zero-order valence-corrected chi connectivity index (χ0v) is 12.0. The molecule has 1 heterocycles. The fourth-order valence-corrected chi connectivity index (χ4v) is 4.16. The van der Waals surface area contributed by atoms with Gasteiger partial charge in [-0.2, -0.15) is 0 Å². The van der Waals surface area contributed by atoms with Crippen LogP contribution >= 0.6 is 11.8 Å². The number of para-hydroxylation sites is 1. The molecule has 2 unspecified atom stereocenters. The highest BCUT2D eigenvalue weighted by molar-refractivity contribution is 8.00. The van der Waals surface area contributed by atoms with E-state index in [1.54, 1.807) is 0 Å². The lowest BCUT2D eigenvalue weighted by molar-refractivity contribution is 0.434. The van der Waals surface area contributed by atoms with Crippen LogP contribution in [0, 0.1) is 5.92 Å². The molecule has 0 fully saturated rings. The smallest absolute Gasteiger partial charge is 0.0822 e. The molecule has 0 aliphatic carbocycles. The van der Waals surface area contributed by atoms with Crippen molar-refractivity contribution >= 4 is 17.4 Å². The van der Waals surface area contributed by atoms with Crippen LogP contribution in [0.5, 0.6) is 0 Å². The summed E-state index contributed by atoms with van der Waals surface area (Å²) >= 11 is 2.05. The summed E-state index contributed by atoms with van der Waals surface area (Å²) in [6.45, 7) is 4.62. The van der Waals surface area contributed by atoms with Crippen LogP contribution in [0.1, 0.15) is 39.5 Å². The van der Waals surface area contributed by atoms with Crippen LogP contribution in [0.4, 0.5) is 5.69 Å². The Morgan fingerprint density at radius 3 is 2.71 bits per heavy atom. The van der Waals surface area contributed by atoms with Gasteiger partial charge in [0, 0.05) is 11.9 Å². The maximum atomic E-state index is 2.48. The number of unbranched alkanes of at least 4 members (excludes halogenated alkanes) is 1. The van der Waals surface area contributed by atoms with Gasteiger partial charge in [0.05, 0.1) is 11.1 Å². The third-order valence-corrected chi connectivity index (χ3v) is 5.27. The zero-order chi connectivity index (χ0) is 12.3. The maximum Gasteiger partial charge on any atom is 0.0822 e. The van der Waals surface area contributed by atoms with E-state index in [2.05, 4.69) is 61.8 Å². The third-order valence-electron chi connectivity index (χ3n) is 3.73. The molecule has 1 aromatic carbocycles. The van der Waals surface area contributed by atoms with Gasteiger partial charge in [-0.15, -0.1) is 0 Å². The second-order valence-electron chi connectivity index (χ2n) is 4.90. The highest BCUT2D eigenvalue weighted by Gasteiger charge is 2.31. The SMILES string of the molecule is CCCCC(CC)C1Sc2ccccc2N1C. The zero-order valence-electron chi connectivity index (χ0n) is 11.1. The number of thioether (sulfide) groups is 1. The molecule has 0 bridgehead atoms. The number of rotatable bonds is 5. The van der Waals surface area contributed by atoms with Crippen molar-refractivity contribution in [2.24, 2.45) is 5.92 Å². The lowest BCUT2D eigenvalue weighted by Gasteiger charge is -2.29. The molecule has 2 atom stereocenters. The maximum absolute atomic E-state index is 2.48. The van der Waals surface area contributed by atoms with Crippen LogP contribution in [0.25, 0.3) is 0 Å². The summed E-state index contributed by atoms with van der Waals surface area (Å²) in [4.78, 5) is 3.93. The molecule has 0 aromatic heterocycles. The fraction of sp³-hybridized carbons (Fsp3) is 0.600. The molecule has 1 aliphatic rings. The van der Waals surface area contributed by atoms with Gasteiger partial charge in [-0.25, -0.2) is 0 Å². The van der Waals surface area contributed by atoms with Crippen molar-refractivity contribution < 1.29 is 0 Å². The summed E-state index contributed by atoms with van der Waals surface area (Å²) in [6, 6.07) is 8.79. The Morgan fingerprint density at radius 2 is 2.06 bits per heavy atom. The van der Waals surface area contributed by atoms with Crippen molar-refractivity contribution in [1.29, 1.82) is 0 Å². The molecular formula is C15H23NS. The van der Waals surface area contributed by atoms with Gasteiger partial charge in [0.25, 0.3) is 0 Å². The predicted molar refractivity (Wildman–Crippen MR) is 77.8 cm³/mol. The number of benzene rings is 1. The lowest BCUT2D eigenvalue weighted by atomic mass is 9.98. The minimum atomic E-state index is 0.643. The highest BCUT2D eigenvalue weighted by Crippen LogP contribution is 2.46. The molecule has 17 heavy (non-hydrogen) atoms. The average Bonchev–Trinajstić information content (AvgIpc) is 2.69. The quantitative estimate of drug-likeness (QED) is 0.739. The number of fused-ring (bicyclic) bond motifs is 1. The van der Waals surface area contributed by atoms with Crippen LogP contribution in [-0.4, -0.2) is 12.4 Å². The summed E-state index contributed by atoms with van der Waals surface area (Å²) in [7, 11) is 2.25. The Hall–Kier alpha value is -0.630. The van der Waals surface area contributed by atoms with E-state index in [9.17, 15) is 0 Å². The van der Waals surface area contributed by atoms with Crippen molar-refractivity contribution in [3.63, 3.8) is 0 Å². The molecule has 0 radical (unpaired) electrons. The van der Waals surface area contributed by atoms with Gasteiger partial charge < -0.3 is 4.90 Å². The first kappa shape index (κ1) is 12.8. The second kappa shape index (κ2) is 5.81. The summed E-state index contributed by atoms with van der Waals surface area (Å²) in [5.41, 5.74) is 1.41. The Morgan fingerprint density at radius 1 is 1.29 bits per heavy atom. The Kier molecular flexibility index (Phi) is 4.38. The van der Waals surface area contributed by atoms with Crippen molar-refractivity contribution in [3.8, 4) is 0 Å². The average molecular weight is 249 g/mol. The normalized spacial score (nSPS) is 20.4. The number of hydrogen-bond acceptors (Lipinski definition) is 2. The van der Waals surface area contributed by atoms with Gasteiger partial charge in [-0.05, 0) is 24.5 Å². The molecule has 0 saturated heterocycles. The number of anilines is 1. The van der Waals surface area contributed by atoms with Gasteiger partial charge >= 0.3 is 0 Å². The molecule has 2 heteroatoms. The van der Waals surface area contributed by atoms with E-state index in [4.69, 9.17) is 0 Å². The van der Waals surface area contributed by atoms with Crippen LogP contribution in [0.2, 0.25) is 0 Å². The van der Waals surface area contributed by atoms with Gasteiger partial charge in [-0.1, -0.05) is 57.0 Å². The van der Waals surface area contributed by atoms with Crippen LogP contribution < -0.4 is 4.90 Å². The fourth-order valence-electron chi connectivity index (χ4n) is 2.62. The summed E-state index contributed by atoms with van der Waals surface area (Å²) in [5.74, 6) is 0.817. The molecule has 1 nitrogen and oxygen atoms in total. The minimum absolute atomic E-state index is 0.643. The van der Waals surface area contributed by atoms with Crippen LogP contribution in [-0.2, 0) is 0 Å². The standard InChI is InChI=1S/C15H23NS/c1-4-6-9-12(5-2)15-16(3)13-10-7-8-11-14(13)17-15/h7-8,10-12,15H,4-6,9H2,1-3H3. The molecule has 1 aliphatic heterocycles. The van der Waals surface area contributed by atoms with Crippen molar-refractivity contribution in [2.45, 2.75) is 49.8 Å². The van der Waals surface area contributed by atoms with Gasteiger partial charge in [0.2, 0.25) is 0 Å². The summed E-state index contributed by atoms with van der Waals surface area (Å²) in [5, 5.41) is 0.643. The lowest BCUT2D eigenvalue weighted by Crippen LogP contribution is -2.31. The molecule has 0 saturated carbocycles. The Labute approximate surface area is 110 Å². The number of hydrogen-bond donors (Lipinski definition) is 0. The Bertz CT molecular complexity index is 364. The summed E-state index contributed by atoms with van der Waals surface area (Å²) < 4.78 is 0. The first-order valence-corrected chi connectivity index (χ1v) is 7.64. The number of nitrogens with zero attached hydrogens (tertiary/aromatic N) is 1. The second-order valence-corrected chi connectivity index (χ2v) is 6.06. The van der Waals surface area contributed by atoms with E-state index in [0.717, 1.165) is 5.92 Å². The molecule has 0 amide bonds. The van der Waals surface area contributed by atoms with Crippen molar-refractivity contribution in [2.75, 3.05) is 11.9 Å². The van der Waals surface area contributed by atoms with Crippen LogP contribution in [0.15, 0.2) is 29.2 Å². The minimum Gasteiger partial charge on any atom is -0.361 e. The monoisotopic (exact) mass is 249 g/mol. The topological polar surface area (TPSA) is 3.24 Å². The van der Waals surface area contributed by atoms with E-state index < -0.39 is 0 Å². The van der Waals surface area contributed by atoms with E-state index >= 15 is 0 Å². The van der Waals surface area contributed by atoms with E-state index in [0.29, 0.717) is 5.37 Å². The van der Waals surface area contributed by atoms with Crippen molar-refractivity contribution in [1.82, 2.24) is 0 Å².